The SMILES string of the molecule is Cc1ncc(CN)n1CC1CCC2(CCCCC2)O1. The maximum absolute atomic E-state index is 6.43. The van der Waals surface area contributed by atoms with Crippen LogP contribution in [-0.2, 0) is 17.8 Å². The number of hydrogen-bond donors (Lipinski definition) is 1. The van der Waals surface area contributed by atoms with Crippen LogP contribution in [0, 0.1) is 6.92 Å². The second-order valence-corrected chi connectivity index (χ2v) is 6.13. The van der Waals surface area contributed by atoms with Gasteiger partial charge in [0.25, 0.3) is 0 Å². The van der Waals surface area contributed by atoms with Crippen molar-refractivity contribution in [2.75, 3.05) is 0 Å². The van der Waals surface area contributed by atoms with E-state index in [0.717, 1.165) is 18.1 Å². The molecule has 0 radical (unpaired) electrons. The van der Waals surface area contributed by atoms with Gasteiger partial charge < -0.3 is 15.0 Å². The average Bonchev–Trinajstić information content (AvgIpc) is 2.97. The number of rotatable bonds is 3. The Balaban J connectivity index is 1.66. The van der Waals surface area contributed by atoms with Crippen molar-refractivity contribution in [2.24, 2.45) is 5.73 Å². The lowest BCUT2D eigenvalue weighted by atomic mass is 9.83. The van der Waals surface area contributed by atoms with Gasteiger partial charge in [-0.2, -0.15) is 0 Å². The lowest BCUT2D eigenvalue weighted by Crippen LogP contribution is -2.32. The molecule has 2 heterocycles. The molecule has 0 aromatic carbocycles. The van der Waals surface area contributed by atoms with E-state index in [1.165, 1.54) is 44.9 Å². The molecule has 4 heteroatoms. The molecule has 2 fully saturated rings. The van der Waals surface area contributed by atoms with E-state index in [0.29, 0.717) is 12.6 Å². The number of aromatic nitrogens is 2. The predicted molar refractivity (Wildman–Crippen MR) is 74.8 cm³/mol. The van der Waals surface area contributed by atoms with Gasteiger partial charge in [-0.1, -0.05) is 19.3 Å². The maximum Gasteiger partial charge on any atom is 0.105 e. The summed E-state index contributed by atoms with van der Waals surface area (Å²) in [6, 6.07) is 0. The molecule has 1 unspecified atom stereocenters. The van der Waals surface area contributed by atoms with Gasteiger partial charge in [0.15, 0.2) is 0 Å². The van der Waals surface area contributed by atoms with E-state index in [9.17, 15) is 0 Å². The summed E-state index contributed by atoms with van der Waals surface area (Å²) in [5, 5.41) is 0. The molecule has 1 spiro atoms. The van der Waals surface area contributed by atoms with Crippen LogP contribution in [-0.4, -0.2) is 21.3 Å². The standard InChI is InChI=1S/C15H25N3O/c1-12-17-10-13(9-16)18(12)11-14-5-8-15(19-14)6-3-2-4-7-15/h10,14H,2-9,11,16H2,1H3. The molecule has 1 aromatic rings. The third-order valence-corrected chi connectivity index (χ3v) is 4.84. The van der Waals surface area contributed by atoms with Crippen LogP contribution in [0.2, 0.25) is 0 Å². The van der Waals surface area contributed by atoms with Crippen molar-refractivity contribution in [1.29, 1.82) is 0 Å². The van der Waals surface area contributed by atoms with Crippen molar-refractivity contribution < 1.29 is 4.74 Å². The molecule has 1 aliphatic heterocycles. The third-order valence-electron chi connectivity index (χ3n) is 4.84. The zero-order chi connectivity index (χ0) is 13.3. The molecule has 1 aromatic heterocycles. The molecule has 4 nitrogen and oxygen atoms in total. The van der Waals surface area contributed by atoms with Gasteiger partial charge in [-0.05, 0) is 32.6 Å². The summed E-state index contributed by atoms with van der Waals surface area (Å²) in [4.78, 5) is 4.36. The van der Waals surface area contributed by atoms with Gasteiger partial charge in [0.05, 0.1) is 23.9 Å². The highest BCUT2D eigenvalue weighted by atomic mass is 16.5. The number of imidazole rings is 1. The van der Waals surface area contributed by atoms with Gasteiger partial charge in [-0.15, -0.1) is 0 Å². The lowest BCUT2D eigenvalue weighted by molar-refractivity contribution is -0.0682. The Morgan fingerprint density at radius 3 is 2.89 bits per heavy atom. The number of nitrogens with zero attached hydrogens (tertiary/aromatic N) is 2. The van der Waals surface area contributed by atoms with E-state index in [2.05, 4.69) is 9.55 Å². The van der Waals surface area contributed by atoms with Gasteiger partial charge in [0.1, 0.15) is 5.82 Å². The Morgan fingerprint density at radius 1 is 1.37 bits per heavy atom. The first-order valence-corrected chi connectivity index (χ1v) is 7.61. The van der Waals surface area contributed by atoms with Gasteiger partial charge in [0.2, 0.25) is 0 Å². The second-order valence-electron chi connectivity index (χ2n) is 6.13. The fourth-order valence-electron chi connectivity index (χ4n) is 3.72. The minimum absolute atomic E-state index is 0.209. The summed E-state index contributed by atoms with van der Waals surface area (Å²) in [5.41, 5.74) is 7.10. The molecule has 0 amide bonds. The monoisotopic (exact) mass is 263 g/mol. The molecule has 106 valence electrons. The van der Waals surface area contributed by atoms with Crippen molar-refractivity contribution in [2.45, 2.75) is 76.7 Å². The smallest absolute Gasteiger partial charge is 0.105 e. The summed E-state index contributed by atoms with van der Waals surface area (Å²) >= 11 is 0. The number of aryl methyl sites for hydroxylation is 1. The average molecular weight is 263 g/mol. The zero-order valence-corrected chi connectivity index (χ0v) is 11.9. The Kier molecular flexibility index (Phi) is 3.63. The summed E-state index contributed by atoms with van der Waals surface area (Å²) in [6.07, 6.45) is 11.2. The lowest BCUT2D eigenvalue weighted by Gasteiger charge is -2.33. The molecule has 19 heavy (non-hydrogen) atoms. The minimum atomic E-state index is 0.209. The van der Waals surface area contributed by atoms with Crippen molar-refractivity contribution in [3.05, 3.63) is 17.7 Å². The first-order chi connectivity index (χ1) is 9.22. The van der Waals surface area contributed by atoms with Crippen molar-refractivity contribution in [1.82, 2.24) is 9.55 Å². The van der Waals surface area contributed by atoms with Gasteiger partial charge >= 0.3 is 0 Å². The summed E-state index contributed by atoms with van der Waals surface area (Å²) in [5.74, 6) is 1.05. The van der Waals surface area contributed by atoms with Crippen LogP contribution < -0.4 is 5.73 Å². The second kappa shape index (κ2) is 5.25. The van der Waals surface area contributed by atoms with Crippen LogP contribution in [0.3, 0.4) is 0 Å². The van der Waals surface area contributed by atoms with E-state index in [1.807, 2.05) is 13.1 Å². The minimum Gasteiger partial charge on any atom is -0.370 e. The molecule has 1 saturated carbocycles. The highest BCUT2D eigenvalue weighted by Gasteiger charge is 2.40. The number of ether oxygens (including phenoxy) is 1. The summed E-state index contributed by atoms with van der Waals surface area (Å²) in [6.45, 7) is 3.52. The van der Waals surface area contributed by atoms with Gasteiger partial charge in [-0.3, -0.25) is 0 Å². The van der Waals surface area contributed by atoms with Crippen LogP contribution in [0.15, 0.2) is 6.20 Å². The topological polar surface area (TPSA) is 53.1 Å². The van der Waals surface area contributed by atoms with Crippen LogP contribution in [0.25, 0.3) is 0 Å². The molecule has 0 bridgehead atoms. The first kappa shape index (κ1) is 13.1. The molecule has 3 rings (SSSR count). The van der Waals surface area contributed by atoms with Crippen molar-refractivity contribution in [3.8, 4) is 0 Å². The molecule has 2 N–H and O–H groups in total. The summed E-state index contributed by atoms with van der Waals surface area (Å²) in [7, 11) is 0. The maximum atomic E-state index is 6.43. The van der Waals surface area contributed by atoms with Crippen molar-refractivity contribution >= 4 is 0 Å². The van der Waals surface area contributed by atoms with E-state index < -0.39 is 0 Å². The van der Waals surface area contributed by atoms with E-state index in [-0.39, 0.29) is 5.60 Å². The number of nitrogens with two attached hydrogens (primary N) is 1. The molecule has 1 aliphatic carbocycles. The quantitative estimate of drug-likeness (QED) is 0.911. The summed E-state index contributed by atoms with van der Waals surface area (Å²) < 4.78 is 8.66. The number of hydrogen-bond acceptors (Lipinski definition) is 3. The van der Waals surface area contributed by atoms with Gasteiger partial charge in [0, 0.05) is 12.7 Å². The Morgan fingerprint density at radius 2 is 2.16 bits per heavy atom. The van der Waals surface area contributed by atoms with Crippen molar-refractivity contribution in [3.63, 3.8) is 0 Å². The van der Waals surface area contributed by atoms with E-state index >= 15 is 0 Å². The molecule has 1 saturated heterocycles. The third kappa shape index (κ3) is 2.56. The van der Waals surface area contributed by atoms with E-state index in [4.69, 9.17) is 10.5 Å². The van der Waals surface area contributed by atoms with Crippen LogP contribution in [0.4, 0.5) is 0 Å². The largest absolute Gasteiger partial charge is 0.370 e. The molecular formula is C15H25N3O. The normalized spacial score (nSPS) is 26.1. The fraction of sp³-hybridized carbons (Fsp3) is 0.800. The van der Waals surface area contributed by atoms with E-state index in [1.54, 1.807) is 0 Å². The highest BCUT2D eigenvalue weighted by Crippen LogP contribution is 2.42. The zero-order valence-electron chi connectivity index (χ0n) is 11.9. The first-order valence-electron chi connectivity index (χ1n) is 7.61. The molecule has 2 aliphatic rings. The van der Waals surface area contributed by atoms with Crippen LogP contribution in [0.5, 0.6) is 0 Å². The fourth-order valence-corrected chi connectivity index (χ4v) is 3.72. The Labute approximate surface area is 115 Å². The van der Waals surface area contributed by atoms with Crippen LogP contribution >= 0.6 is 0 Å². The molecular weight excluding hydrogens is 238 g/mol. The highest BCUT2D eigenvalue weighted by molar-refractivity contribution is 5.05. The predicted octanol–water partition coefficient (Wildman–Crippen LogP) is 2.53. The Hall–Kier alpha value is -0.870. The Bertz CT molecular complexity index is 435. The van der Waals surface area contributed by atoms with Crippen LogP contribution in [0.1, 0.15) is 56.5 Å². The van der Waals surface area contributed by atoms with Gasteiger partial charge in [-0.25, -0.2) is 4.98 Å². The molecule has 1 atom stereocenters.